The fourth-order valence-electron chi connectivity index (χ4n) is 3.68. The summed E-state index contributed by atoms with van der Waals surface area (Å²) < 4.78 is 10.5. The topological polar surface area (TPSA) is 80.5 Å². The fourth-order valence-corrected chi connectivity index (χ4v) is 3.68. The lowest BCUT2D eigenvalue weighted by Gasteiger charge is -2.33. The highest BCUT2D eigenvalue weighted by atomic mass is 16.5. The lowest BCUT2D eigenvalue weighted by atomic mass is 10.0. The molecule has 1 aliphatic heterocycles. The SMILES string of the molecule is COc1ccc(-c2noc(CCC(=O)N3CCCC(Nc4ccccc4)C3)n2)cc1. The van der Waals surface area contributed by atoms with Crippen LogP contribution in [0, 0.1) is 0 Å². The molecule has 1 amide bonds. The average molecular weight is 406 g/mol. The molecule has 1 unspecified atom stereocenters. The van der Waals surface area contributed by atoms with E-state index in [0.29, 0.717) is 31.1 Å². The molecule has 156 valence electrons. The van der Waals surface area contributed by atoms with Crippen molar-refractivity contribution in [1.29, 1.82) is 0 Å². The highest BCUT2D eigenvalue weighted by molar-refractivity contribution is 5.76. The third-order valence-electron chi connectivity index (χ3n) is 5.29. The van der Waals surface area contributed by atoms with Crippen molar-refractivity contribution in [3.05, 3.63) is 60.5 Å². The van der Waals surface area contributed by atoms with Crippen molar-refractivity contribution in [3.63, 3.8) is 0 Å². The van der Waals surface area contributed by atoms with Crippen molar-refractivity contribution in [3.8, 4) is 17.1 Å². The molecule has 30 heavy (non-hydrogen) atoms. The third kappa shape index (κ3) is 4.97. The van der Waals surface area contributed by atoms with Gasteiger partial charge in [-0.3, -0.25) is 4.79 Å². The number of aryl methyl sites for hydroxylation is 1. The van der Waals surface area contributed by atoms with Crippen LogP contribution in [-0.2, 0) is 11.2 Å². The number of benzene rings is 2. The van der Waals surface area contributed by atoms with Crippen LogP contribution in [0.3, 0.4) is 0 Å². The number of nitrogens with zero attached hydrogens (tertiary/aromatic N) is 3. The normalized spacial score (nSPS) is 16.3. The van der Waals surface area contributed by atoms with E-state index in [1.807, 2.05) is 47.4 Å². The summed E-state index contributed by atoms with van der Waals surface area (Å²) in [5.74, 6) is 1.89. The van der Waals surface area contributed by atoms with Crippen LogP contribution in [0.2, 0.25) is 0 Å². The van der Waals surface area contributed by atoms with Crippen molar-refractivity contribution in [2.45, 2.75) is 31.7 Å². The molecule has 7 nitrogen and oxygen atoms in total. The number of hydrogen-bond donors (Lipinski definition) is 1. The summed E-state index contributed by atoms with van der Waals surface area (Å²) in [6.45, 7) is 1.52. The van der Waals surface area contributed by atoms with E-state index in [0.717, 1.165) is 36.4 Å². The Balaban J connectivity index is 1.29. The predicted octanol–water partition coefficient (Wildman–Crippen LogP) is 3.78. The Kier molecular flexibility index (Phi) is 6.27. The number of para-hydroxylation sites is 1. The molecule has 0 bridgehead atoms. The van der Waals surface area contributed by atoms with Gasteiger partial charge in [0, 0.05) is 43.2 Å². The summed E-state index contributed by atoms with van der Waals surface area (Å²) in [7, 11) is 1.63. The highest BCUT2D eigenvalue weighted by Gasteiger charge is 2.24. The van der Waals surface area contributed by atoms with Crippen molar-refractivity contribution < 1.29 is 14.1 Å². The number of piperidine rings is 1. The minimum atomic E-state index is 0.124. The standard InChI is InChI=1S/C23H26N4O3/c1-29-20-11-9-17(10-12-20)23-25-21(30-26-23)13-14-22(28)27-15-5-8-19(16-27)24-18-6-3-2-4-7-18/h2-4,6-7,9-12,19,24H,5,8,13-16H2,1H3. The summed E-state index contributed by atoms with van der Waals surface area (Å²) in [4.78, 5) is 19.1. The van der Waals surface area contributed by atoms with Gasteiger partial charge in [0.25, 0.3) is 0 Å². The molecule has 1 saturated heterocycles. The van der Waals surface area contributed by atoms with Crippen LogP contribution in [0.5, 0.6) is 5.75 Å². The molecule has 3 aromatic rings. The van der Waals surface area contributed by atoms with Crippen LogP contribution in [0.4, 0.5) is 5.69 Å². The van der Waals surface area contributed by atoms with E-state index < -0.39 is 0 Å². The molecule has 0 radical (unpaired) electrons. The first-order chi connectivity index (χ1) is 14.7. The van der Waals surface area contributed by atoms with Crippen molar-refractivity contribution in [2.24, 2.45) is 0 Å². The average Bonchev–Trinajstić information content (AvgIpc) is 3.27. The van der Waals surface area contributed by atoms with E-state index >= 15 is 0 Å². The van der Waals surface area contributed by atoms with Gasteiger partial charge in [0.05, 0.1) is 7.11 Å². The van der Waals surface area contributed by atoms with Crippen molar-refractivity contribution >= 4 is 11.6 Å². The summed E-state index contributed by atoms with van der Waals surface area (Å²) in [6.07, 6.45) is 2.86. The van der Waals surface area contributed by atoms with Crippen LogP contribution >= 0.6 is 0 Å². The molecule has 0 spiro atoms. The summed E-state index contributed by atoms with van der Waals surface area (Å²) in [5.41, 5.74) is 1.94. The van der Waals surface area contributed by atoms with E-state index in [1.54, 1.807) is 7.11 Å². The van der Waals surface area contributed by atoms with E-state index in [-0.39, 0.29) is 11.9 Å². The molecule has 1 aromatic heterocycles. The quantitative estimate of drug-likeness (QED) is 0.643. The van der Waals surface area contributed by atoms with Gasteiger partial charge in [0.1, 0.15) is 5.75 Å². The predicted molar refractivity (Wildman–Crippen MR) is 114 cm³/mol. The second-order valence-electron chi connectivity index (χ2n) is 7.43. The highest BCUT2D eigenvalue weighted by Crippen LogP contribution is 2.21. The molecule has 0 saturated carbocycles. The van der Waals surface area contributed by atoms with Gasteiger partial charge < -0.3 is 19.5 Å². The largest absolute Gasteiger partial charge is 0.497 e. The van der Waals surface area contributed by atoms with Gasteiger partial charge in [-0.2, -0.15) is 4.98 Å². The van der Waals surface area contributed by atoms with Crippen LogP contribution in [0.1, 0.15) is 25.2 Å². The van der Waals surface area contributed by atoms with Gasteiger partial charge >= 0.3 is 0 Å². The number of nitrogens with one attached hydrogen (secondary N) is 1. The first kappa shape index (κ1) is 19.9. The number of amides is 1. The molecule has 1 aliphatic rings. The van der Waals surface area contributed by atoms with Gasteiger partial charge in [-0.1, -0.05) is 23.4 Å². The van der Waals surface area contributed by atoms with E-state index in [2.05, 4.69) is 27.6 Å². The second-order valence-corrected chi connectivity index (χ2v) is 7.43. The molecule has 2 heterocycles. The van der Waals surface area contributed by atoms with Gasteiger partial charge in [0.15, 0.2) is 0 Å². The van der Waals surface area contributed by atoms with E-state index in [1.165, 1.54) is 0 Å². The molecule has 1 atom stereocenters. The molecule has 2 aromatic carbocycles. The van der Waals surface area contributed by atoms with Crippen LogP contribution < -0.4 is 10.1 Å². The number of carbonyl (C=O) groups is 1. The number of ether oxygens (including phenoxy) is 1. The maximum atomic E-state index is 12.7. The first-order valence-electron chi connectivity index (χ1n) is 10.3. The minimum absolute atomic E-state index is 0.124. The molecule has 1 fully saturated rings. The zero-order chi connectivity index (χ0) is 20.8. The molecular formula is C23H26N4O3. The number of rotatable bonds is 7. The maximum absolute atomic E-state index is 12.7. The molecule has 4 rings (SSSR count). The van der Waals surface area contributed by atoms with E-state index in [9.17, 15) is 4.79 Å². The van der Waals surface area contributed by atoms with Crippen LogP contribution in [-0.4, -0.2) is 47.2 Å². The Morgan fingerprint density at radius 2 is 2.00 bits per heavy atom. The Bertz CT molecular complexity index is 956. The maximum Gasteiger partial charge on any atom is 0.227 e. The van der Waals surface area contributed by atoms with Gasteiger partial charge in [-0.15, -0.1) is 0 Å². The summed E-state index contributed by atoms with van der Waals surface area (Å²) in [5, 5.41) is 7.55. The number of hydrogen-bond acceptors (Lipinski definition) is 6. The van der Waals surface area contributed by atoms with Gasteiger partial charge in [-0.25, -0.2) is 0 Å². The second kappa shape index (κ2) is 9.43. The van der Waals surface area contributed by atoms with Crippen molar-refractivity contribution in [1.82, 2.24) is 15.0 Å². The molecule has 1 N–H and O–H groups in total. The van der Waals surface area contributed by atoms with E-state index in [4.69, 9.17) is 9.26 Å². The van der Waals surface area contributed by atoms with Gasteiger partial charge in [-0.05, 0) is 49.2 Å². The lowest BCUT2D eigenvalue weighted by Crippen LogP contribution is -2.45. The first-order valence-corrected chi connectivity index (χ1v) is 10.3. The smallest absolute Gasteiger partial charge is 0.227 e. The molecule has 0 aliphatic carbocycles. The molecule has 7 heteroatoms. The van der Waals surface area contributed by atoms with Crippen molar-refractivity contribution in [2.75, 3.05) is 25.5 Å². The summed E-state index contributed by atoms with van der Waals surface area (Å²) in [6, 6.07) is 17.9. The number of aromatic nitrogens is 2. The minimum Gasteiger partial charge on any atom is -0.497 e. The molecular weight excluding hydrogens is 380 g/mol. The Morgan fingerprint density at radius 3 is 2.77 bits per heavy atom. The van der Waals surface area contributed by atoms with Crippen LogP contribution in [0.15, 0.2) is 59.1 Å². The zero-order valence-corrected chi connectivity index (χ0v) is 17.1. The Labute approximate surface area is 176 Å². The summed E-state index contributed by atoms with van der Waals surface area (Å²) >= 11 is 0. The Morgan fingerprint density at radius 1 is 1.20 bits per heavy atom. The number of anilines is 1. The number of likely N-dealkylation sites (tertiary alicyclic amines) is 1. The Hall–Kier alpha value is -3.35. The number of carbonyl (C=O) groups excluding carboxylic acids is 1. The van der Waals surface area contributed by atoms with Gasteiger partial charge in [0.2, 0.25) is 17.6 Å². The lowest BCUT2D eigenvalue weighted by molar-refractivity contribution is -0.132. The number of methoxy groups -OCH3 is 1. The van der Waals surface area contributed by atoms with Crippen LogP contribution in [0.25, 0.3) is 11.4 Å². The zero-order valence-electron chi connectivity index (χ0n) is 17.1. The third-order valence-corrected chi connectivity index (χ3v) is 5.29. The fraction of sp³-hybridized carbons (Fsp3) is 0.348. The monoisotopic (exact) mass is 406 g/mol.